The Labute approximate surface area is 292 Å². The number of alkyl carbamates (subject to hydrolysis) is 1. The molecule has 4 N–H and O–H groups in total. The van der Waals surface area contributed by atoms with E-state index in [4.69, 9.17) is 24.5 Å². The number of esters is 1. The number of hydrogen-bond donors (Lipinski definition) is 3. The highest BCUT2D eigenvalue weighted by Gasteiger charge is 2.55. The average molecular weight is 704 g/mol. The van der Waals surface area contributed by atoms with E-state index in [0.29, 0.717) is 22.5 Å². The highest BCUT2D eigenvalue weighted by molar-refractivity contribution is 8.00. The van der Waals surface area contributed by atoms with Gasteiger partial charge < -0.3 is 35.1 Å². The first-order valence-electron chi connectivity index (χ1n) is 15.6. The zero-order valence-corrected chi connectivity index (χ0v) is 28.7. The quantitative estimate of drug-likeness (QED) is 0.109. The summed E-state index contributed by atoms with van der Waals surface area (Å²) < 4.78 is 17.0. The number of benzene rings is 2. The third kappa shape index (κ3) is 8.34. The smallest absolute Gasteiger partial charge is 0.408 e. The summed E-state index contributed by atoms with van der Waals surface area (Å²) in [7, 11) is 1.25. The molecule has 2 aliphatic rings. The topological polar surface area (TPSA) is 192 Å². The molecule has 1 aromatic heterocycles. The second-order valence-electron chi connectivity index (χ2n) is 12.3. The molecule has 0 saturated carbocycles. The van der Waals surface area contributed by atoms with Crippen molar-refractivity contribution in [1.29, 1.82) is 0 Å². The lowest BCUT2D eigenvalue weighted by atomic mass is 9.99. The van der Waals surface area contributed by atoms with Gasteiger partial charge in [0.15, 0.2) is 11.9 Å². The Morgan fingerprint density at radius 3 is 2.24 bits per heavy atom. The minimum absolute atomic E-state index is 0.0195. The second-order valence-corrected chi connectivity index (χ2v) is 13.4. The van der Waals surface area contributed by atoms with E-state index in [9.17, 15) is 24.0 Å². The molecular formula is C35H37N5O9S. The first-order chi connectivity index (χ1) is 23.9. The van der Waals surface area contributed by atoms with E-state index < -0.39 is 52.9 Å². The molecule has 0 bridgehead atoms. The normalized spacial score (nSPS) is 17.4. The molecule has 3 aromatic rings. The van der Waals surface area contributed by atoms with Crippen LogP contribution in [-0.2, 0) is 40.0 Å². The number of fused-ring (bicyclic) bond motifs is 1. The van der Waals surface area contributed by atoms with E-state index in [1.807, 2.05) is 60.7 Å². The number of nitrogens with two attached hydrogens (primary N) is 1. The van der Waals surface area contributed by atoms with E-state index in [-0.39, 0.29) is 35.9 Å². The van der Waals surface area contributed by atoms with Crippen molar-refractivity contribution in [1.82, 2.24) is 15.5 Å². The van der Waals surface area contributed by atoms with Gasteiger partial charge in [-0.1, -0.05) is 65.8 Å². The van der Waals surface area contributed by atoms with Crippen molar-refractivity contribution >= 4 is 47.3 Å². The molecule has 1 fully saturated rings. The molecule has 0 spiro atoms. The van der Waals surface area contributed by atoms with Crippen LogP contribution in [-0.4, -0.2) is 70.3 Å². The van der Waals surface area contributed by atoms with E-state index in [0.717, 1.165) is 0 Å². The van der Waals surface area contributed by atoms with Gasteiger partial charge in [0.05, 0.1) is 13.0 Å². The van der Waals surface area contributed by atoms with E-state index in [1.165, 1.54) is 29.8 Å². The Balaban J connectivity index is 1.32. The lowest BCUT2D eigenvalue weighted by Gasteiger charge is -2.49. The number of oxime groups is 1. The number of amides is 4. The fourth-order valence-electron chi connectivity index (χ4n) is 5.34. The molecule has 15 heteroatoms. The van der Waals surface area contributed by atoms with E-state index >= 15 is 0 Å². The van der Waals surface area contributed by atoms with Crippen molar-refractivity contribution in [2.24, 2.45) is 10.9 Å². The van der Waals surface area contributed by atoms with Crippen LogP contribution in [0.4, 0.5) is 4.79 Å². The fraction of sp³-hybridized carbons (Fsp3) is 0.314. The SMILES string of the molecule is CO/N=C(/C(=O)N[C@@H]1C(=O)N2C(C(=O)OC(c3ccccc3)c3ccccc3)=C(CC(N)=O)CS[C@H]12)c1ccc(CNC(=O)OC(C)(C)C)o1. The monoisotopic (exact) mass is 703 g/mol. The maximum absolute atomic E-state index is 14.0. The van der Waals surface area contributed by atoms with Crippen LogP contribution in [0.15, 0.2) is 93.6 Å². The minimum Gasteiger partial charge on any atom is -0.457 e. The molecule has 2 atom stereocenters. The summed E-state index contributed by atoms with van der Waals surface area (Å²) in [5.41, 5.74) is 6.23. The predicted molar refractivity (Wildman–Crippen MR) is 182 cm³/mol. The number of primary amides is 1. The van der Waals surface area contributed by atoms with Crippen molar-refractivity contribution in [3.05, 3.63) is 107 Å². The van der Waals surface area contributed by atoms with Crippen molar-refractivity contribution in [2.75, 3.05) is 12.9 Å². The fourth-order valence-corrected chi connectivity index (χ4v) is 6.68. The number of hydrogen-bond acceptors (Lipinski definition) is 11. The van der Waals surface area contributed by atoms with Crippen molar-refractivity contribution in [3.8, 4) is 0 Å². The van der Waals surface area contributed by atoms with Crippen molar-refractivity contribution in [3.63, 3.8) is 0 Å². The second kappa shape index (κ2) is 15.3. The number of β-lactam (4-membered cyclic amide) rings is 1. The van der Waals surface area contributed by atoms with Gasteiger partial charge in [0, 0.05) is 5.75 Å². The molecule has 2 aliphatic heterocycles. The summed E-state index contributed by atoms with van der Waals surface area (Å²) in [5.74, 6) is -2.37. The first kappa shape index (κ1) is 35.7. The molecule has 262 valence electrons. The maximum Gasteiger partial charge on any atom is 0.408 e. The standard InChI is InChI=1S/C35H37N5O9S/c1-35(2,3)49-34(45)37-18-23-15-16-24(47-23)26(39-46-4)30(42)38-27-31(43)40-28(22(17-25(36)41)19-50-32(27)40)33(44)48-29(20-11-7-5-8-12-20)21-13-9-6-10-14-21/h5-16,27,29,32H,17-19H2,1-4H3,(H2,36,41)(H,37,45)(H,38,42)/b39-26+/t27-,32-/m1/s1. The zero-order valence-electron chi connectivity index (χ0n) is 27.8. The van der Waals surface area contributed by atoms with Crippen LogP contribution in [0, 0.1) is 0 Å². The van der Waals surface area contributed by atoms with E-state index in [1.54, 1.807) is 26.8 Å². The number of carbonyl (C=O) groups excluding carboxylic acids is 5. The summed E-state index contributed by atoms with van der Waals surface area (Å²) in [5, 5.41) is 8.33. The highest BCUT2D eigenvalue weighted by atomic mass is 32.2. The van der Waals surface area contributed by atoms with Gasteiger partial charge in [-0.3, -0.25) is 19.3 Å². The van der Waals surface area contributed by atoms with Gasteiger partial charge in [-0.15, -0.1) is 11.8 Å². The zero-order chi connectivity index (χ0) is 36.0. The van der Waals surface area contributed by atoms with Crippen LogP contribution in [0.2, 0.25) is 0 Å². The predicted octanol–water partition coefficient (Wildman–Crippen LogP) is 3.52. The summed E-state index contributed by atoms with van der Waals surface area (Å²) in [6.45, 7) is 5.17. The largest absolute Gasteiger partial charge is 0.457 e. The molecular weight excluding hydrogens is 666 g/mol. The molecule has 3 heterocycles. The highest BCUT2D eigenvalue weighted by Crippen LogP contribution is 2.42. The third-order valence-corrected chi connectivity index (χ3v) is 8.78. The van der Waals surface area contributed by atoms with Gasteiger partial charge in [0.25, 0.3) is 11.8 Å². The Kier molecular flexibility index (Phi) is 11.0. The van der Waals surface area contributed by atoms with Gasteiger partial charge in [0.2, 0.25) is 11.6 Å². The Bertz CT molecular complexity index is 1780. The molecule has 14 nitrogen and oxygen atoms in total. The molecule has 2 aromatic carbocycles. The number of rotatable bonds is 12. The van der Waals surface area contributed by atoms with Crippen molar-refractivity contribution < 1.29 is 42.7 Å². The Morgan fingerprint density at radius 2 is 1.66 bits per heavy atom. The van der Waals surface area contributed by atoms with Gasteiger partial charge in [-0.05, 0) is 49.6 Å². The molecule has 50 heavy (non-hydrogen) atoms. The number of furan rings is 1. The number of nitrogens with zero attached hydrogens (tertiary/aromatic N) is 2. The van der Waals surface area contributed by atoms with Gasteiger partial charge >= 0.3 is 12.1 Å². The number of thioether (sulfide) groups is 1. The number of carbonyl (C=O) groups is 5. The van der Waals surface area contributed by atoms with Crippen LogP contribution in [0.3, 0.4) is 0 Å². The van der Waals surface area contributed by atoms with Crippen molar-refractivity contribution in [2.45, 2.75) is 56.9 Å². The summed E-state index contributed by atoms with van der Waals surface area (Å²) in [4.78, 5) is 71.2. The third-order valence-electron chi connectivity index (χ3n) is 7.44. The lowest BCUT2D eigenvalue weighted by Crippen LogP contribution is -2.71. The van der Waals surface area contributed by atoms with Crippen LogP contribution >= 0.6 is 11.8 Å². The lowest BCUT2D eigenvalue weighted by molar-refractivity contribution is -0.154. The summed E-state index contributed by atoms with van der Waals surface area (Å²) >= 11 is 1.26. The summed E-state index contributed by atoms with van der Waals surface area (Å²) in [6, 6.07) is 20.2. The number of nitrogens with one attached hydrogen (secondary N) is 2. The van der Waals surface area contributed by atoms with Gasteiger partial charge in [-0.2, -0.15) is 0 Å². The minimum atomic E-state index is -1.06. The van der Waals surface area contributed by atoms with Crippen LogP contribution in [0.5, 0.6) is 0 Å². The van der Waals surface area contributed by atoms with E-state index in [2.05, 4.69) is 15.8 Å². The van der Waals surface area contributed by atoms with Gasteiger partial charge in [-0.25, -0.2) is 9.59 Å². The van der Waals surface area contributed by atoms with Crippen LogP contribution in [0.1, 0.15) is 55.9 Å². The molecule has 5 rings (SSSR count). The van der Waals surface area contributed by atoms with Crippen LogP contribution in [0.25, 0.3) is 0 Å². The summed E-state index contributed by atoms with van der Waals surface area (Å²) in [6.07, 6.45) is -1.72. The molecule has 0 radical (unpaired) electrons. The first-order valence-corrected chi connectivity index (χ1v) is 16.6. The maximum atomic E-state index is 14.0. The van der Waals surface area contributed by atoms with Crippen LogP contribution < -0.4 is 16.4 Å². The number of ether oxygens (including phenoxy) is 2. The molecule has 0 unspecified atom stereocenters. The Morgan fingerprint density at radius 1 is 1.02 bits per heavy atom. The molecule has 0 aliphatic carbocycles. The molecule has 1 saturated heterocycles. The molecule has 4 amide bonds. The Hall–Kier alpha value is -5.57. The average Bonchev–Trinajstić information content (AvgIpc) is 3.55. The van der Waals surface area contributed by atoms with Gasteiger partial charge in [0.1, 0.15) is 35.6 Å².